The van der Waals surface area contributed by atoms with Gasteiger partial charge in [0.15, 0.2) is 0 Å². The van der Waals surface area contributed by atoms with Gasteiger partial charge in [-0.2, -0.15) is 0 Å². The molecule has 0 aliphatic heterocycles. The Morgan fingerprint density at radius 3 is 1.60 bits per heavy atom. The summed E-state index contributed by atoms with van der Waals surface area (Å²) in [6, 6.07) is 17.9. The number of carboxylic acids is 1. The highest BCUT2D eigenvalue weighted by molar-refractivity contribution is 5.94. The Labute approximate surface area is 231 Å². The predicted octanol–water partition coefficient (Wildman–Crippen LogP) is 0.623. The van der Waals surface area contributed by atoms with Crippen LogP contribution in [0.15, 0.2) is 78.9 Å². The van der Waals surface area contributed by atoms with E-state index in [2.05, 4.69) is 16.0 Å². The second-order valence-corrected chi connectivity index (χ2v) is 9.27. The fourth-order valence-electron chi connectivity index (χ4n) is 3.95. The Bertz CT molecular complexity index is 1300. The van der Waals surface area contributed by atoms with E-state index in [1.54, 1.807) is 48.5 Å². The Kier molecular flexibility index (Phi) is 10.6. The highest BCUT2D eigenvalue weighted by Crippen LogP contribution is 2.13. The SMILES string of the molecule is NC(Cc1ccc(O)cc1)C(=O)NC(Cc1ccccc1)C(=O)NC(Cc1ccc(O)cc1)C(=O)NCC(=O)O. The fraction of sp³-hybridized carbons (Fsp3) is 0.241. The number of benzene rings is 3. The third-order valence-electron chi connectivity index (χ3n) is 6.07. The molecule has 3 atom stereocenters. The molecule has 3 unspecified atom stereocenters. The number of phenolic OH excluding ortho intramolecular Hbond substituents is 2. The van der Waals surface area contributed by atoms with Crippen molar-refractivity contribution in [1.82, 2.24) is 16.0 Å². The molecule has 210 valence electrons. The molecule has 0 aliphatic rings. The Morgan fingerprint density at radius 1 is 0.625 bits per heavy atom. The van der Waals surface area contributed by atoms with E-state index in [1.165, 1.54) is 24.3 Å². The lowest BCUT2D eigenvalue weighted by atomic mass is 10.0. The van der Waals surface area contributed by atoms with Crippen LogP contribution in [0.3, 0.4) is 0 Å². The van der Waals surface area contributed by atoms with Gasteiger partial charge in [0.25, 0.3) is 0 Å². The minimum Gasteiger partial charge on any atom is -0.508 e. The van der Waals surface area contributed by atoms with E-state index >= 15 is 0 Å². The van der Waals surface area contributed by atoms with Crippen molar-refractivity contribution in [3.8, 4) is 11.5 Å². The summed E-state index contributed by atoms with van der Waals surface area (Å²) in [5, 5.41) is 35.6. The van der Waals surface area contributed by atoms with Gasteiger partial charge >= 0.3 is 5.97 Å². The number of rotatable bonds is 13. The summed E-state index contributed by atoms with van der Waals surface area (Å²) in [4.78, 5) is 50.3. The van der Waals surface area contributed by atoms with Crippen LogP contribution in [0.2, 0.25) is 0 Å². The van der Waals surface area contributed by atoms with Crippen molar-refractivity contribution in [2.24, 2.45) is 5.73 Å². The quantitative estimate of drug-likeness (QED) is 0.162. The van der Waals surface area contributed by atoms with Crippen LogP contribution in [-0.4, -0.2) is 63.7 Å². The van der Waals surface area contributed by atoms with Gasteiger partial charge in [0.05, 0.1) is 6.04 Å². The number of hydrogen-bond donors (Lipinski definition) is 7. The minimum absolute atomic E-state index is 0.00381. The summed E-state index contributed by atoms with van der Waals surface area (Å²) in [6.07, 6.45) is 0.268. The second-order valence-electron chi connectivity index (χ2n) is 9.27. The van der Waals surface area contributed by atoms with Crippen molar-refractivity contribution in [3.05, 3.63) is 95.6 Å². The average molecular weight is 549 g/mol. The van der Waals surface area contributed by atoms with Gasteiger partial charge in [-0.3, -0.25) is 19.2 Å². The summed E-state index contributed by atoms with van der Waals surface area (Å²) in [5.41, 5.74) is 8.19. The molecule has 3 aromatic carbocycles. The van der Waals surface area contributed by atoms with Crippen molar-refractivity contribution in [2.45, 2.75) is 37.4 Å². The Hall–Kier alpha value is -4.90. The fourth-order valence-corrected chi connectivity index (χ4v) is 3.95. The van der Waals surface area contributed by atoms with E-state index in [9.17, 15) is 29.4 Å². The summed E-state index contributed by atoms with van der Waals surface area (Å²) in [7, 11) is 0. The number of aromatic hydroxyl groups is 2. The van der Waals surface area contributed by atoms with Gasteiger partial charge in [0, 0.05) is 12.8 Å². The predicted molar refractivity (Wildman–Crippen MR) is 146 cm³/mol. The first-order valence-electron chi connectivity index (χ1n) is 12.6. The van der Waals surface area contributed by atoms with E-state index < -0.39 is 48.4 Å². The molecule has 11 nitrogen and oxygen atoms in total. The van der Waals surface area contributed by atoms with E-state index in [1.807, 2.05) is 6.07 Å². The van der Waals surface area contributed by atoms with Gasteiger partial charge in [-0.05, 0) is 47.4 Å². The summed E-state index contributed by atoms with van der Waals surface area (Å²) in [6.45, 7) is -0.642. The van der Waals surface area contributed by atoms with E-state index in [4.69, 9.17) is 10.8 Å². The number of carboxylic acid groups (broad SMARTS) is 1. The number of carbonyl (C=O) groups is 4. The molecular formula is C29H32N4O7. The smallest absolute Gasteiger partial charge is 0.322 e. The molecule has 0 heterocycles. The van der Waals surface area contributed by atoms with Crippen LogP contribution in [0.1, 0.15) is 16.7 Å². The number of amides is 3. The monoisotopic (exact) mass is 548 g/mol. The number of carbonyl (C=O) groups excluding carboxylic acids is 3. The van der Waals surface area contributed by atoms with Crippen LogP contribution >= 0.6 is 0 Å². The molecule has 40 heavy (non-hydrogen) atoms. The summed E-state index contributed by atoms with van der Waals surface area (Å²) >= 11 is 0. The molecule has 3 aromatic rings. The normalized spacial score (nSPS) is 12.9. The number of nitrogens with one attached hydrogen (secondary N) is 3. The minimum atomic E-state index is -1.25. The maximum absolute atomic E-state index is 13.5. The van der Waals surface area contributed by atoms with Crippen LogP contribution in [0.5, 0.6) is 11.5 Å². The first-order valence-corrected chi connectivity index (χ1v) is 12.6. The van der Waals surface area contributed by atoms with Crippen LogP contribution in [-0.2, 0) is 38.4 Å². The van der Waals surface area contributed by atoms with Crippen LogP contribution in [0.4, 0.5) is 0 Å². The molecule has 0 saturated carbocycles. The maximum Gasteiger partial charge on any atom is 0.322 e. The molecule has 8 N–H and O–H groups in total. The lowest BCUT2D eigenvalue weighted by Crippen LogP contribution is -2.57. The van der Waals surface area contributed by atoms with E-state index in [0.717, 1.165) is 5.56 Å². The Morgan fingerprint density at radius 2 is 1.07 bits per heavy atom. The van der Waals surface area contributed by atoms with Gasteiger partial charge in [-0.15, -0.1) is 0 Å². The van der Waals surface area contributed by atoms with E-state index in [0.29, 0.717) is 11.1 Å². The lowest BCUT2D eigenvalue weighted by Gasteiger charge is -2.24. The summed E-state index contributed by atoms with van der Waals surface area (Å²) < 4.78 is 0. The average Bonchev–Trinajstić information content (AvgIpc) is 2.93. The standard InChI is InChI=1S/C29H32N4O7/c30-23(14-19-6-10-21(34)11-7-19)27(38)32-25(15-18-4-2-1-3-5-18)29(40)33-24(28(39)31-17-26(36)37)16-20-8-12-22(35)13-9-20/h1-13,23-25,34-35H,14-17,30H2,(H,31,39)(H,32,38)(H,33,40)(H,36,37). The maximum atomic E-state index is 13.5. The number of hydrogen-bond acceptors (Lipinski definition) is 7. The van der Waals surface area contributed by atoms with Crippen molar-refractivity contribution in [1.29, 1.82) is 0 Å². The van der Waals surface area contributed by atoms with Crippen molar-refractivity contribution in [2.75, 3.05) is 6.54 Å². The number of nitrogens with two attached hydrogens (primary N) is 1. The zero-order chi connectivity index (χ0) is 29.1. The molecule has 0 bridgehead atoms. The molecule has 0 spiro atoms. The molecule has 0 fully saturated rings. The molecule has 3 rings (SSSR count). The Balaban J connectivity index is 1.78. The van der Waals surface area contributed by atoms with E-state index in [-0.39, 0.29) is 30.8 Å². The van der Waals surface area contributed by atoms with Crippen LogP contribution < -0.4 is 21.7 Å². The molecular weight excluding hydrogens is 516 g/mol. The highest BCUT2D eigenvalue weighted by Gasteiger charge is 2.29. The third kappa shape index (κ3) is 9.44. The molecule has 0 aromatic heterocycles. The first kappa shape index (κ1) is 29.7. The largest absolute Gasteiger partial charge is 0.508 e. The first-order chi connectivity index (χ1) is 19.1. The van der Waals surface area contributed by atoms with Gasteiger partial charge in [-0.1, -0.05) is 54.6 Å². The van der Waals surface area contributed by atoms with Gasteiger partial charge in [0.1, 0.15) is 30.1 Å². The zero-order valence-electron chi connectivity index (χ0n) is 21.6. The van der Waals surface area contributed by atoms with Crippen LogP contribution in [0, 0.1) is 0 Å². The lowest BCUT2D eigenvalue weighted by molar-refractivity contribution is -0.138. The highest BCUT2D eigenvalue weighted by atomic mass is 16.4. The van der Waals surface area contributed by atoms with Gasteiger partial charge < -0.3 is 37.0 Å². The second kappa shape index (κ2) is 14.3. The van der Waals surface area contributed by atoms with Crippen molar-refractivity contribution < 1.29 is 34.5 Å². The van der Waals surface area contributed by atoms with Gasteiger partial charge in [0.2, 0.25) is 17.7 Å². The molecule has 0 saturated heterocycles. The molecule has 0 radical (unpaired) electrons. The van der Waals surface area contributed by atoms with Crippen molar-refractivity contribution >= 4 is 23.7 Å². The van der Waals surface area contributed by atoms with Crippen LogP contribution in [0.25, 0.3) is 0 Å². The zero-order valence-corrected chi connectivity index (χ0v) is 21.6. The topological polar surface area (TPSA) is 191 Å². The summed E-state index contributed by atoms with van der Waals surface area (Å²) in [5.74, 6) is -3.13. The van der Waals surface area contributed by atoms with Crippen molar-refractivity contribution in [3.63, 3.8) is 0 Å². The molecule has 11 heteroatoms. The van der Waals surface area contributed by atoms with Gasteiger partial charge in [-0.25, -0.2) is 0 Å². The number of aliphatic carboxylic acids is 1. The molecule has 3 amide bonds. The molecule has 0 aliphatic carbocycles. The number of phenols is 2. The third-order valence-corrected chi connectivity index (χ3v) is 6.07.